The number of benzene rings is 1. The highest BCUT2D eigenvalue weighted by atomic mass is 32.2. The number of piperidine rings is 1. The van der Waals surface area contributed by atoms with Crippen molar-refractivity contribution in [3.05, 3.63) is 47.3 Å². The van der Waals surface area contributed by atoms with E-state index in [2.05, 4.69) is 19.2 Å². The summed E-state index contributed by atoms with van der Waals surface area (Å²) in [7, 11) is -1.88. The van der Waals surface area contributed by atoms with Gasteiger partial charge in [0.1, 0.15) is 10.6 Å². The summed E-state index contributed by atoms with van der Waals surface area (Å²) in [5, 5.41) is 2.86. The van der Waals surface area contributed by atoms with Crippen molar-refractivity contribution in [2.24, 2.45) is 13.0 Å². The second-order valence-corrected chi connectivity index (χ2v) is 9.54. The van der Waals surface area contributed by atoms with Crippen LogP contribution in [0.1, 0.15) is 48.4 Å². The van der Waals surface area contributed by atoms with Gasteiger partial charge in [0.25, 0.3) is 5.91 Å². The van der Waals surface area contributed by atoms with E-state index in [4.69, 9.17) is 0 Å². The van der Waals surface area contributed by atoms with Crippen LogP contribution in [-0.4, -0.2) is 36.3 Å². The van der Waals surface area contributed by atoms with E-state index in [1.54, 1.807) is 22.8 Å². The van der Waals surface area contributed by atoms with Crippen molar-refractivity contribution >= 4 is 21.6 Å². The Morgan fingerprint density at radius 3 is 2.36 bits per heavy atom. The molecule has 0 atom stereocenters. The number of hydrogen-bond acceptors (Lipinski definition) is 3. The number of aromatic nitrogens is 1. The number of nitrogens with one attached hydrogen (secondary N) is 1. The van der Waals surface area contributed by atoms with Crippen LogP contribution < -0.4 is 5.32 Å². The van der Waals surface area contributed by atoms with E-state index in [1.165, 1.54) is 11.6 Å². The lowest BCUT2D eigenvalue weighted by Crippen LogP contribution is -2.38. The average Bonchev–Trinajstić information content (AvgIpc) is 2.98. The molecule has 0 bridgehead atoms. The molecule has 1 fully saturated rings. The summed E-state index contributed by atoms with van der Waals surface area (Å²) in [5.41, 5.74) is 2.79. The number of sulfonamides is 1. The Hall–Kier alpha value is -2.12. The third-order valence-electron chi connectivity index (χ3n) is 5.70. The molecule has 1 saturated heterocycles. The zero-order chi connectivity index (χ0) is 20.5. The minimum Gasteiger partial charge on any atom is -0.343 e. The highest BCUT2D eigenvalue weighted by Gasteiger charge is 2.32. The summed E-state index contributed by atoms with van der Waals surface area (Å²) >= 11 is 0. The quantitative estimate of drug-likeness (QED) is 0.830. The monoisotopic (exact) mass is 403 g/mol. The lowest BCUT2D eigenvalue weighted by molar-refractivity contribution is 0.101. The van der Waals surface area contributed by atoms with E-state index in [9.17, 15) is 13.2 Å². The molecule has 1 aliphatic rings. The maximum Gasteiger partial charge on any atom is 0.272 e. The van der Waals surface area contributed by atoms with Crippen molar-refractivity contribution in [3.63, 3.8) is 0 Å². The van der Waals surface area contributed by atoms with Gasteiger partial charge in [-0.05, 0) is 55.9 Å². The van der Waals surface area contributed by atoms with Gasteiger partial charge in [0.05, 0.1) is 0 Å². The molecular weight excluding hydrogens is 374 g/mol. The lowest BCUT2D eigenvalue weighted by Gasteiger charge is -2.29. The Morgan fingerprint density at radius 2 is 1.79 bits per heavy atom. The molecule has 1 aliphatic heterocycles. The molecule has 7 heteroatoms. The van der Waals surface area contributed by atoms with Crippen LogP contribution in [0.2, 0.25) is 0 Å². The first-order chi connectivity index (χ1) is 13.2. The van der Waals surface area contributed by atoms with Gasteiger partial charge in [-0.1, -0.05) is 26.0 Å². The number of anilines is 1. The smallest absolute Gasteiger partial charge is 0.272 e. The largest absolute Gasteiger partial charge is 0.343 e. The van der Waals surface area contributed by atoms with Crippen LogP contribution in [0.15, 0.2) is 35.2 Å². The molecule has 3 rings (SSSR count). The third-order valence-corrected chi connectivity index (χ3v) is 7.72. The zero-order valence-corrected chi connectivity index (χ0v) is 17.8. The second kappa shape index (κ2) is 8.09. The normalized spacial score (nSPS) is 16.3. The fourth-order valence-electron chi connectivity index (χ4n) is 3.53. The molecular formula is C21H29N3O3S. The van der Waals surface area contributed by atoms with Gasteiger partial charge >= 0.3 is 0 Å². The molecule has 0 aliphatic carbocycles. The Morgan fingerprint density at radius 1 is 1.18 bits per heavy atom. The molecule has 1 aromatic carbocycles. The van der Waals surface area contributed by atoms with Crippen LogP contribution in [0.25, 0.3) is 0 Å². The zero-order valence-electron chi connectivity index (χ0n) is 17.0. The molecule has 1 amide bonds. The van der Waals surface area contributed by atoms with Gasteiger partial charge in [0.2, 0.25) is 10.0 Å². The van der Waals surface area contributed by atoms with E-state index in [0.29, 0.717) is 36.1 Å². The van der Waals surface area contributed by atoms with Gasteiger partial charge in [-0.25, -0.2) is 8.42 Å². The lowest BCUT2D eigenvalue weighted by atomic mass is 10.0. The van der Waals surface area contributed by atoms with Crippen LogP contribution in [0.5, 0.6) is 0 Å². The van der Waals surface area contributed by atoms with Gasteiger partial charge in [-0.3, -0.25) is 4.79 Å². The standard InChI is InChI=1S/C21H29N3O3S/c1-5-17-6-8-18(9-7-17)22-21(25)19-14-20(16(3)23(19)4)28(26,27)24-12-10-15(2)11-13-24/h6-9,14-15H,5,10-13H2,1-4H3,(H,22,25). The van der Waals surface area contributed by atoms with Crippen LogP contribution in [0.3, 0.4) is 0 Å². The van der Waals surface area contributed by atoms with E-state index in [1.807, 2.05) is 24.3 Å². The molecule has 0 saturated carbocycles. The number of rotatable bonds is 5. The van der Waals surface area contributed by atoms with Crippen molar-refractivity contribution in [2.75, 3.05) is 18.4 Å². The minimum absolute atomic E-state index is 0.219. The number of aryl methyl sites for hydroxylation is 1. The van der Waals surface area contributed by atoms with Crippen molar-refractivity contribution in [1.29, 1.82) is 0 Å². The van der Waals surface area contributed by atoms with Crippen LogP contribution in [-0.2, 0) is 23.5 Å². The van der Waals surface area contributed by atoms with Gasteiger partial charge in [-0.2, -0.15) is 4.31 Å². The van der Waals surface area contributed by atoms with E-state index < -0.39 is 10.0 Å². The third kappa shape index (κ3) is 4.00. The van der Waals surface area contributed by atoms with Crippen LogP contribution >= 0.6 is 0 Å². The van der Waals surface area contributed by atoms with Gasteiger partial charge < -0.3 is 9.88 Å². The molecule has 2 aromatic rings. The molecule has 1 aromatic heterocycles. The summed E-state index contributed by atoms with van der Waals surface area (Å²) in [6.45, 7) is 7.02. The molecule has 0 radical (unpaired) electrons. The second-order valence-electron chi connectivity index (χ2n) is 7.63. The predicted octanol–water partition coefficient (Wildman–Crippen LogP) is 3.57. The Labute approximate surface area is 167 Å². The number of hydrogen-bond donors (Lipinski definition) is 1. The SMILES string of the molecule is CCc1ccc(NC(=O)c2cc(S(=O)(=O)N3CCC(C)CC3)c(C)n2C)cc1. The van der Waals surface area contributed by atoms with Crippen molar-refractivity contribution in [3.8, 4) is 0 Å². The minimum atomic E-state index is -3.60. The molecule has 0 unspecified atom stereocenters. The number of amides is 1. The molecule has 2 heterocycles. The maximum absolute atomic E-state index is 13.1. The molecule has 0 spiro atoms. The topological polar surface area (TPSA) is 71.4 Å². The molecule has 6 nitrogen and oxygen atoms in total. The van der Waals surface area contributed by atoms with Gasteiger partial charge in [-0.15, -0.1) is 0 Å². The summed E-state index contributed by atoms with van der Waals surface area (Å²) in [6.07, 6.45) is 2.67. The van der Waals surface area contributed by atoms with E-state index in [-0.39, 0.29) is 10.8 Å². The fourth-order valence-corrected chi connectivity index (χ4v) is 5.27. The Bertz CT molecular complexity index is 954. The Kier molecular flexibility index (Phi) is 5.95. The van der Waals surface area contributed by atoms with Crippen LogP contribution in [0.4, 0.5) is 5.69 Å². The number of nitrogens with zero attached hydrogens (tertiary/aromatic N) is 2. The Balaban J connectivity index is 1.84. The van der Waals surface area contributed by atoms with Gasteiger partial charge in [0, 0.05) is 31.5 Å². The van der Waals surface area contributed by atoms with E-state index in [0.717, 1.165) is 19.3 Å². The first-order valence-corrected chi connectivity index (χ1v) is 11.2. The maximum atomic E-state index is 13.1. The molecule has 152 valence electrons. The average molecular weight is 404 g/mol. The molecule has 28 heavy (non-hydrogen) atoms. The number of carbonyl (C=O) groups excluding carboxylic acids is 1. The summed E-state index contributed by atoms with van der Waals surface area (Å²) in [6, 6.07) is 9.16. The van der Waals surface area contributed by atoms with Crippen molar-refractivity contribution in [2.45, 2.75) is 44.9 Å². The highest BCUT2D eigenvalue weighted by molar-refractivity contribution is 7.89. The summed E-state index contributed by atoms with van der Waals surface area (Å²) < 4.78 is 29.4. The fraction of sp³-hybridized carbons (Fsp3) is 0.476. The van der Waals surface area contributed by atoms with Gasteiger partial charge in [0.15, 0.2) is 0 Å². The highest BCUT2D eigenvalue weighted by Crippen LogP contribution is 2.27. The summed E-state index contributed by atoms with van der Waals surface area (Å²) in [4.78, 5) is 13.0. The molecule has 1 N–H and O–H groups in total. The predicted molar refractivity (Wildman–Crippen MR) is 111 cm³/mol. The first kappa shape index (κ1) is 20.6. The van der Waals surface area contributed by atoms with Crippen LogP contribution in [0, 0.1) is 12.8 Å². The first-order valence-electron chi connectivity index (χ1n) is 9.80. The van der Waals surface area contributed by atoms with Crippen molar-refractivity contribution in [1.82, 2.24) is 8.87 Å². The van der Waals surface area contributed by atoms with E-state index >= 15 is 0 Å². The number of carbonyl (C=O) groups is 1. The summed E-state index contributed by atoms with van der Waals surface area (Å²) in [5.74, 6) is 0.229. The van der Waals surface area contributed by atoms with Crippen molar-refractivity contribution < 1.29 is 13.2 Å².